The van der Waals surface area contributed by atoms with E-state index in [2.05, 4.69) is 174 Å². The second kappa shape index (κ2) is 10.8. The maximum atomic E-state index is 5.15. The minimum absolute atomic E-state index is 0.0170. The Balaban J connectivity index is 1.19. The van der Waals surface area contributed by atoms with Crippen molar-refractivity contribution in [3.05, 3.63) is 180 Å². The molecular weight excluding hydrogens is 603 g/mol. The van der Waals surface area contributed by atoms with E-state index in [1.165, 1.54) is 64.2 Å². The summed E-state index contributed by atoms with van der Waals surface area (Å²) >= 11 is 1.87. The molecule has 48 heavy (non-hydrogen) atoms. The molecule has 1 aliphatic heterocycles. The van der Waals surface area contributed by atoms with Gasteiger partial charge in [-0.05, 0) is 65.2 Å². The summed E-state index contributed by atoms with van der Waals surface area (Å²) < 4.78 is 5.06. The molecule has 4 heteroatoms. The first-order valence-corrected chi connectivity index (χ1v) is 17.1. The number of rotatable bonds is 4. The molecule has 10 rings (SSSR count). The number of para-hydroxylation sites is 1. The zero-order valence-electron chi connectivity index (χ0n) is 26.0. The molecule has 0 radical (unpaired) electrons. The van der Waals surface area contributed by atoms with E-state index in [-0.39, 0.29) is 6.04 Å². The van der Waals surface area contributed by atoms with Crippen LogP contribution in [0.25, 0.3) is 58.8 Å². The van der Waals surface area contributed by atoms with Crippen LogP contribution < -0.4 is 5.32 Å². The van der Waals surface area contributed by atoms with Crippen molar-refractivity contribution >= 4 is 64.8 Å². The number of thiophene rings is 1. The number of nitrogens with zero attached hydrogens (tertiary/aromatic N) is 2. The van der Waals surface area contributed by atoms with Crippen molar-refractivity contribution < 1.29 is 0 Å². The third-order valence-electron chi connectivity index (χ3n) is 9.64. The fraction of sp³-hybridized carbons (Fsp3) is 0.0227. The lowest BCUT2D eigenvalue weighted by atomic mass is 9.95. The molecule has 0 aliphatic carbocycles. The molecule has 1 unspecified atom stereocenters. The van der Waals surface area contributed by atoms with Crippen molar-refractivity contribution in [2.24, 2.45) is 4.99 Å². The highest BCUT2D eigenvalue weighted by Crippen LogP contribution is 2.42. The van der Waals surface area contributed by atoms with Gasteiger partial charge in [-0.3, -0.25) is 0 Å². The molecule has 7 aromatic carbocycles. The second-order valence-electron chi connectivity index (χ2n) is 12.5. The topological polar surface area (TPSA) is 29.3 Å². The Bertz CT molecular complexity index is 2700. The molecule has 0 saturated carbocycles. The molecule has 0 amide bonds. The first-order valence-electron chi connectivity index (χ1n) is 16.3. The van der Waals surface area contributed by atoms with E-state index in [0.29, 0.717) is 0 Å². The number of amidine groups is 1. The highest BCUT2D eigenvalue weighted by atomic mass is 32.1. The summed E-state index contributed by atoms with van der Waals surface area (Å²) in [5.41, 5.74) is 10.4. The predicted octanol–water partition coefficient (Wildman–Crippen LogP) is 11.6. The van der Waals surface area contributed by atoms with E-state index in [1.807, 2.05) is 11.3 Å². The summed E-state index contributed by atoms with van der Waals surface area (Å²) in [4.78, 5) is 5.15. The van der Waals surface area contributed by atoms with Crippen LogP contribution in [0.2, 0.25) is 0 Å². The third-order valence-corrected chi connectivity index (χ3v) is 10.8. The molecule has 1 aliphatic rings. The summed E-state index contributed by atoms with van der Waals surface area (Å²) in [6.07, 6.45) is 0. The fourth-order valence-electron chi connectivity index (χ4n) is 7.37. The number of hydrogen-bond donors (Lipinski definition) is 1. The Morgan fingerprint density at radius 2 is 1.25 bits per heavy atom. The van der Waals surface area contributed by atoms with E-state index in [4.69, 9.17) is 4.99 Å². The van der Waals surface area contributed by atoms with Gasteiger partial charge in [0.25, 0.3) is 0 Å². The van der Waals surface area contributed by atoms with Crippen molar-refractivity contribution in [1.82, 2.24) is 9.88 Å². The van der Waals surface area contributed by atoms with E-state index >= 15 is 0 Å². The average molecular weight is 632 g/mol. The van der Waals surface area contributed by atoms with Crippen molar-refractivity contribution in [2.45, 2.75) is 6.04 Å². The van der Waals surface area contributed by atoms with Crippen LogP contribution in [0.15, 0.2) is 169 Å². The Labute approximate surface area is 282 Å². The molecular formula is C44H29N3S. The van der Waals surface area contributed by atoms with Crippen molar-refractivity contribution in [2.75, 3.05) is 0 Å². The summed E-state index contributed by atoms with van der Waals surface area (Å²) in [5.74, 6) is 0.878. The van der Waals surface area contributed by atoms with Gasteiger partial charge in [0.05, 0.1) is 22.8 Å². The van der Waals surface area contributed by atoms with E-state index < -0.39 is 0 Å². The highest BCUT2D eigenvalue weighted by Gasteiger charge is 2.24. The monoisotopic (exact) mass is 631 g/mol. The van der Waals surface area contributed by atoms with Crippen molar-refractivity contribution in [3.63, 3.8) is 0 Å². The smallest absolute Gasteiger partial charge is 0.134 e. The lowest BCUT2D eigenvalue weighted by Crippen LogP contribution is -2.32. The van der Waals surface area contributed by atoms with Gasteiger partial charge >= 0.3 is 0 Å². The van der Waals surface area contributed by atoms with Gasteiger partial charge in [0.1, 0.15) is 5.84 Å². The van der Waals surface area contributed by atoms with Crippen molar-refractivity contribution in [3.8, 4) is 16.8 Å². The fourth-order valence-corrected chi connectivity index (χ4v) is 8.50. The maximum Gasteiger partial charge on any atom is 0.134 e. The van der Waals surface area contributed by atoms with Gasteiger partial charge in [-0.25, -0.2) is 4.99 Å². The largest absolute Gasteiger partial charge is 0.359 e. The van der Waals surface area contributed by atoms with Crippen LogP contribution in [0.5, 0.6) is 0 Å². The van der Waals surface area contributed by atoms with Crippen LogP contribution >= 0.6 is 11.3 Å². The Kier molecular flexibility index (Phi) is 6.11. The zero-order chi connectivity index (χ0) is 31.6. The van der Waals surface area contributed by atoms with Gasteiger partial charge in [0, 0.05) is 47.8 Å². The summed E-state index contributed by atoms with van der Waals surface area (Å²) in [7, 11) is 0. The number of aliphatic imine (C=N–C) groups is 1. The van der Waals surface area contributed by atoms with E-state index in [0.717, 1.165) is 22.8 Å². The molecule has 1 N–H and O–H groups in total. The predicted molar refractivity (Wildman–Crippen MR) is 203 cm³/mol. The van der Waals surface area contributed by atoms with Gasteiger partial charge in [-0.15, -0.1) is 11.3 Å². The molecule has 2 aromatic heterocycles. The van der Waals surface area contributed by atoms with Gasteiger partial charge in [-0.1, -0.05) is 115 Å². The van der Waals surface area contributed by atoms with Crippen LogP contribution in [0.4, 0.5) is 5.69 Å². The van der Waals surface area contributed by atoms with Gasteiger partial charge in [0.2, 0.25) is 0 Å². The quantitative estimate of drug-likeness (QED) is 0.206. The van der Waals surface area contributed by atoms with Gasteiger partial charge < -0.3 is 9.88 Å². The summed E-state index contributed by atoms with van der Waals surface area (Å²) in [5, 5.41) is 8.92. The minimum Gasteiger partial charge on any atom is -0.359 e. The minimum atomic E-state index is 0.0170. The molecule has 0 fully saturated rings. The highest BCUT2D eigenvalue weighted by molar-refractivity contribution is 7.25. The maximum absolute atomic E-state index is 5.15. The number of fused-ring (bicyclic) bond motifs is 7. The van der Waals surface area contributed by atoms with Crippen LogP contribution in [0.3, 0.4) is 0 Å². The molecule has 9 aromatic rings. The first-order chi connectivity index (χ1) is 23.8. The number of nitrogens with one attached hydrogen (secondary N) is 1. The average Bonchev–Trinajstić information content (AvgIpc) is 3.68. The first kappa shape index (κ1) is 27.2. The van der Waals surface area contributed by atoms with E-state index in [9.17, 15) is 0 Å². The van der Waals surface area contributed by atoms with Gasteiger partial charge in [-0.2, -0.15) is 0 Å². The second-order valence-corrected chi connectivity index (χ2v) is 13.5. The lowest BCUT2D eigenvalue weighted by Gasteiger charge is -2.28. The Hall–Kier alpha value is -5.97. The van der Waals surface area contributed by atoms with Crippen LogP contribution in [-0.4, -0.2) is 10.4 Å². The molecule has 0 bridgehead atoms. The lowest BCUT2D eigenvalue weighted by molar-refractivity contribution is 0.749. The third kappa shape index (κ3) is 4.30. The van der Waals surface area contributed by atoms with Crippen LogP contribution in [0.1, 0.15) is 22.7 Å². The van der Waals surface area contributed by atoms with Crippen molar-refractivity contribution in [1.29, 1.82) is 0 Å². The number of benzene rings is 7. The van der Waals surface area contributed by atoms with Crippen LogP contribution in [-0.2, 0) is 0 Å². The van der Waals surface area contributed by atoms with E-state index in [1.54, 1.807) is 0 Å². The van der Waals surface area contributed by atoms with Crippen LogP contribution in [0, 0.1) is 0 Å². The molecule has 0 saturated heterocycles. The molecule has 3 heterocycles. The molecule has 226 valence electrons. The summed E-state index contributed by atoms with van der Waals surface area (Å²) in [6, 6.07) is 59.0. The zero-order valence-corrected chi connectivity index (χ0v) is 26.8. The molecule has 0 spiro atoms. The SMILES string of the molecule is c1ccc(-c2ccc3c(c2)c2cc4sc5ccccc5c4cc2n3-c2cccc(C3=Nc4ccccc4C(c4ccccc4)N3)c2)cc1. The van der Waals surface area contributed by atoms with Gasteiger partial charge in [0.15, 0.2) is 0 Å². The number of hydrogen-bond acceptors (Lipinski definition) is 3. The normalized spacial score (nSPS) is 14.3. The summed E-state index contributed by atoms with van der Waals surface area (Å²) in [6.45, 7) is 0. The standard InChI is InChI=1S/C44H29N3S/c1-3-12-28(13-4-1)30-22-23-39-35(25-30)36-27-42-37(33-18-8-10-21-41(33)48-42)26-40(36)47(39)32-17-11-16-31(24-32)44-45-38-20-9-7-19-34(38)43(46-44)29-14-5-2-6-15-29/h1-27,43H,(H,45,46). The molecule has 1 atom stereocenters. The Morgan fingerprint density at radius 3 is 2.15 bits per heavy atom. The Morgan fingerprint density at radius 1 is 0.500 bits per heavy atom. The molecule has 3 nitrogen and oxygen atoms in total. The number of aromatic nitrogens is 1.